The molecule has 1 aliphatic rings. The molecule has 0 saturated heterocycles. The summed E-state index contributed by atoms with van der Waals surface area (Å²) in [5, 5.41) is 10.7. The minimum absolute atomic E-state index is 0.00671. The minimum Gasteiger partial charge on any atom is -0.497 e. The number of esters is 1. The molecule has 1 aliphatic heterocycles. The van der Waals surface area contributed by atoms with E-state index in [0.717, 1.165) is 7.11 Å². The van der Waals surface area contributed by atoms with Crippen LogP contribution in [0, 0.1) is 0 Å². The SMILES string of the molecule is COC(=O)C1=C(c2cccc(Cl)c2)N(c2ccc(OC)cc2)C(=O)C1(O)C(F)(F)F. The summed E-state index contributed by atoms with van der Waals surface area (Å²) in [5.41, 5.74) is -5.87. The Morgan fingerprint density at radius 1 is 1.13 bits per heavy atom. The summed E-state index contributed by atoms with van der Waals surface area (Å²) < 4.78 is 51.3. The van der Waals surface area contributed by atoms with Crippen LogP contribution in [0.15, 0.2) is 54.1 Å². The van der Waals surface area contributed by atoms with Gasteiger partial charge in [-0.2, -0.15) is 13.2 Å². The van der Waals surface area contributed by atoms with E-state index in [1.165, 1.54) is 55.6 Å². The quantitative estimate of drug-likeness (QED) is 0.734. The molecule has 0 spiro atoms. The Bertz CT molecular complexity index is 1040. The third-order valence-corrected chi connectivity index (χ3v) is 4.80. The van der Waals surface area contributed by atoms with Gasteiger partial charge in [0.05, 0.1) is 19.9 Å². The molecular formula is C20H15ClF3NO5. The van der Waals surface area contributed by atoms with Gasteiger partial charge in [-0.15, -0.1) is 0 Å². The van der Waals surface area contributed by atoms with E-state index in [0.29, 0.717) is 10.6 Å². The zero-order valence-corrected chi connectivity index (χ0v) is 16.4. The summed E-state index contributed by atoms with van der Waals surface area (Å²) in [6, 6.07) is 11.0. The van der Waals surface area contributed by atoms with Gasteiger partial charge in [-0.1, -0.05) is 23.7 Å². The van der Waals surface area contributed by atoms with Crippen LogP contribution < -0.4 is 9.64 Å². The number of hydrogen-bond acceptors (Lipinski definition) is 5. The van der Waals surface area contributed by atoms with Crippen LogP contribution in [0.3, 0.4) is 0 Å². The highest BCUT2D eigenvalue weighted by Crippen LogP contribution is 2.49. The fourth-order valence-electron chi connectivity index (χ4n) is 3.15. The van der Waals surface area contributed by atoms with Crippen molar-refractivity contribution in [2.45, 2.75) is 11.8 Å². The highest BCUT2D eigenvalue weighted by Gasteiger charge is 2.70. The molecular weight excluding hydrogens is 427 g/mol. The number of aliphatic hydroxyl groups is 1. The van der Waals surface area contributed by atoms with Crippen molar-refractivity contribution in [3.63, 3.8) is 0 Å². The molecule has 0 bridgehead atoms. The van der Waals surface area contributed by atoms with Gasteiger partial charge in [-0.05, 0) is 36.4 Å². The van der Waals surface area contributed by atoms with Crippen LogP contribution >= 0.6 is 11.6 Å². The Morgan fingerprint density at radius 3 is 2.27 bits per heavy atom. The standard InChI is InChI=1S/C20H15ClF3NO5/c1-29-14-8-6-13(7-9-14)25-16(11-4-3-5-12(21)10-11)15(17(26)30-2)19(28,18(25)27)20(22,23)24/h3-10,28H,1-2H3. The lowest BCUT2D eigenvalue weighted by Crippen LogP contribution is -2.55. The number of nitrogens with zero attached hydrogens (tertiary/aromatic N) is 1. The van der Waals surface area contributed by atoms with E-state index in [1.54, 1.807) is 0 Å². The molecule has 0 fully saturated rings. The van der Waals surface area contributed by atoms with Crippen molar-refractivity contribution < 1.29 is 37.3 Å². The lowest BCUT2D eigenvalue weighted by Gasteiger charge is -2.27. The second-order valence-corrected chi connectivity index (χ2v) is 6.71. The van der Waals surface area contributed by atoms with Crippen molar-refractivity contribution in [3.05, 3.63) is 64.7 Å². The summed E-state index contributed by atoms with van der Waals surface area (Å²) in [6.07, 6.45) is -5.50. The maximum absolute atomic E-state index is 13.9. The van der Waals surface area contributed by atoms with Crippen LogP contribution in [-0.4, -0.2) is 43.0 Å². The summed E-state index contributed by atoms with van der Waals surface area (Å²) in [5.74, 6) is -2.89. The van der Waals surface area contributed by atoms with Gasteiger partial charge in [0.1, 0.15) is 11.3 Å². The van der Waals surface area contributed by atoms with Crippen molar-refractivity contribution >= 4 is 34.9 Å². The van der Waals surface area contributed by atoms with Crippen molar-refractivity contribution in [1.29, 1.82) is 0 Å². The third kappa shape index (κ3) is 3.29. The largest absolute Gasteiger partial charge is 0.497 e. The molecule has 1 heterocycles. The molecule has 10 heteroatoms. The molecule has 6 nitrogen and oxygen atoms in total. The van der Waals surface area contributed by atoms with E-state index in [9.17, 15) is 27.9 Å². The molecule has 1 unspecified atom stereocenters. The van der Waals surface area contributed by atoms with Crippen LogP contribution in [0.5, 0.6) is 5.75 Å². The number of ether oxygens (including phenoxy) is 2. The van der Waals surface area contributed by atoms with Crippen molar-refractivity contribution in [3.8, 4) is 5.75 Å². The van der Waals surface area contributed by atoms with E-state index in [1.807, 2.05) is 0 Å². The minimum atomic E-state index is -5.50. The summed E-state index contributed by atoms with van der Waals surface area (Å²) in [4.78, 5) is 26.0. The zero-order valence-electron chi connectivity index (χ0n) is 15.7. The van der Waals surface area contributed by atoms with Crippen LogP contribution in [0.2, 0.25) is 5.02 Å². The Hall–Kier alpha value is -3.04. The van der Waals surface area contributed by atoms with E-state index in [2.05, 4.69) is 4.74 Å². The van der Waals surface area contributed by atoms with Crippen LogP contribution in [0.4, 0.5) is 18.9 Å². The van der Waals surface area contributed by atoms with E-state index in [-0.39, 0.29) is 16.3 Å². The van der Waals surface area contributed by atoms with E-state index in [4.69, 9.17) is 16.3 Å². The van der Waals surface area contributed by atoms with Crippen molar-refractivity contribution in [2.75, 3.05) is 19.1 Å². The predicted molar refractivity (Wildman–Crippen MR) is 102 cm³/mol. The van der Waals surface area contributed by atoms with Gasteiger partial charge in [0, 0.05) is 16.3 Å². The number of halogens is 4. The van der Waals surface area contributed by atoms with E-state index >= 15 is 0 Å². The molecule has 1 atom stereocenters. The number of anilines is 1. The summed E-state index contributed by atoms with van der Waals surface area (Å²) >= 11 is 5.97. The first kappa shape index (κ1) is 21.7. The van der Waals surface area contributed by atoms with Gasteiger partial charge < -0.3 is 14.6 Å². The van der Waals surface area contributed by atoms with Crippen molar-refractivity contribution in [2.24, 2.45) is 0 Å². The molecule has 3 rings (SSSR count). The monoisotopic (exact) mass is 441 g/mol. The third-order valence-electron chi connectivity index (χ3n) is 4.56. The van der Waals surface area contributed by atoms with E-state index < -0.39 is 34.9 Å². The highest BCUT2D eigenvalue weighted by molar-refractivity contribution is 6.31. The Kier molecular flexibility index (Phi) is 5.53. The zero-order chi connectivity index (χ0) is 22.3. The first-order chi connectivity index (χ1) is 14.1. The molecule has 2 aromatic carbocycles. The second-order valence-electron chi connectivity index (χ2n) is 6.27. The fourth-order valence-corrected chi connectivity index (χ4v) is 3.34. The molecule has 30 heavy (non-hydrogen) atoms. The van der Waals surface area contributed by atoms with Gasteiger partial charge in [0.15, 0.2) is 0 Å². The lowest BCUT2D eigenvalue weighted by molar-refractivity contribution is -0.236. The molecule has 0 aromatic heterocycles. The first-order valence-electron chi connectivity index (χ1n) is 8.43. The van der Waals surface area contributed by atoms with Gasteiger partial charge in [0.2, 0.25) is 0 Å². The van der Waals surface area contributed by atoms with Gasteiger partial charge >= 0.3 is 12.1 Å². The summed E-state index contributed by atoms with van der Waals surface area (Å²) in [6.45, 7) is 0. The number of amides is 1. The highest BCUT2D eigenvalue weighted by atomic mass is 35.5. The topological polar surface area (TPSA) is 76.1 Å². The molecule has 2 aromatic rings. The number of hydrogen-bond donors (Lipinski definition) is 1. The average Bonchev–Trinajstić information content (AvgIpc) is 2.96. The Morgan fingerprint density at radius 2 is 1.77 bits per heavy atom. The summed E-state index contributed by atoms with van der Waals surface area (Å²) in [7, 11) is 2.24. The molecule has 1 amide bonds. The first-order valence-corrected chi connectivity index (χ1v) is 8.80. The van der Waals surface area contributed by atoms with Gasteiger partial charge in [0.25, 0.3) is 11.5 Å². The number of carbonyl (C=O) groups excluding carboxylic acids is 2. The number of benzene rings is 2. The lowest BCUT2D eigenvalue weighted by atomic mass is 9.92. The molecule has 0 saturated carbocycles. The van der Waals surface area contributed by atoms with Crippen LogP contribution in [-0.2, 0) is 14.3 Å². The normalized spacial score (nSPS) is 19.3. The molecule has 158 valence electrons. The number of carbonyl (C=O) groups is 2. The maximum atomic E-state index is 13.9. The molecule has 1 N–H and O–H groups in total. The molecule has 0 aliphatic carbocycles. The maximum Gasteiger partial charge on any atom is 0.431 e. The fraction of sp³-hybridized carbons (Fsp3) is 0.200. The number of rotatable bonds is 4. The predicted octanol–water partition coefficient (Wildman–Crippen LogP) is 3.57. The van der Waals surface area contributed by atoms with Gasteiger partial charge in [-0.25, -0.2) is 4.79 Å². The van der Waals surface area contributed by atoms with Crippen molar-refractivity contribution in [1.82, 2.24) is 0 Å². The number of alkyl halides is 3. The van der Waals surface area contributed by atoms with Crippen LogP contribution in [0.1, 0.15) is 5.56 Å². The Balaban J connectivity index is 2.38. The second kappa shape index (κ2) is 7.66. The smallest absolute Gasteiger partial charge is 0.431 e. The van der Waals surface area contributed by atoms with Crippen LogP contribution in [0.25, 0.3) is 5.70 Å². The average molecular weight is 442 g/mol. The number of methoxy groups -OCH3 is 2. The molecule has 0 radical (unpaired) electrons. The van der Waals surface area contributed by atoms with Gasteiger partial charge in [-0.3, -0.25) is 9.69 Å². The Labute approximate surface area is 174 Å².